The molecule has 0 radical (unpaired) electrons. The number of likely N-dealkylation sites (tertiary alicyclic amines) is 1. The molecule has 0 aliphatic carbocycles. The molecular formula is C21H26ClFN4O6. The van der Waals surface area contributed by atoms with Crippen molar-refractivity contribution >= 4 is 41.0 Å². The third kappa shape index (κ3) is 5.72. The number of nitrogens with one attached hydrogen (secondary N) is 2. The number of benzene rings is 1. The highest BCUT2D eigenvalue weighted by Gasteiger charge is 2.44. The van der Waals surface area contributed by atoms with Crippen LogP contribution in [-0.4, -0.2) is 72.3 Å². The molecule has 33 heavy (non-hydrogen) atoms. The second-order valence-electron chi connectivity index (χ2n) is 7.90. The molecule has 0 spiro atoms. The number of carbonyl (C=O) groups excluding carboxylic acids is 4. The third-order valence-electron chi connectivity index (χ3n) is 5.44. The number of nitrogen functional groups attached to an aromatic ring is 1. The lowest BCUT2D eigenvalue weighted by molar-refractivity contribution is -0.164. The Morgan fingerprint density at radius 1 is 1.39 bits per heavy atom. The highest BCUT2D eigenvalue weighted by atomic mass is 35.5. The first-order chi connectivity index (χ1) is 15.6. The fraction of sp³-hybridized carbons (Fsp3) is 0.524. The van der Waals surface area contributed by atoms with Crippen LogP contribution < -0.4 is 16.4 Å². The van der Waals surface area contributed by atoms with Crippen molar-refractivity contribution in [2.45, 2.75) is 57.3 Å². The lowest BCUT2D eigenvalue weighted by atomic mass is 10.1. The second-order valence-corrected chi connectivity index (χ2v) is 8.31. The first-order valence-electron chi connectivity index (χ1n) is 10.5. The molecule has 2 aliphatic rings. The Morgan fingerprint density at radius 2 is 2.12 bits per heavy atom. The van der Waals surface area contributed by atoms with Gasteiger partial charge in [0.2, 0.25) is 18.1 Å². The fourth-order valence-electron chi connectivity index (χ4n) is 3.78. The van der Waals surface area contributed by atoms with Crippen LogP contribution in [0.5, 0.6) is 0 Å². The van der Waals surface area contributed by atoms with Crippen LogP contribution in [0, 0.1) is 0 Å². The molecule has 2 aliphatic heterocycles. The topological polar surface area (TPSA) is 140 Å². The van der Waals surface area contributed by atoms with E-state index in [1.54, 1.807) is 6.92 Å². The van der Waals surface area contributed by atoms with Gasteiger partial charge in [0.1, 0.15) is 24.3 Å². The van der Waals surface area contributed by atoms with Crippen molar-refractivity contribution in [3.8, 4) is 0 Å². The van der Waals surface area contributed by atoms with Crippen LogP contribution in [0.25, 0.3) is 0 Å². The average molecular weight is 485 g/mol. The van der Waals surface area contributed by atoms with Crippen LogP contribution in [0.3, 0.4) is 0 Å². The largest absolute Gasteiger partial charge is 0.433 e. The van der Waals surface area contributed by atoms with E-state index in [-0.39, 0.29) is 36.6 Å². The van der Waals surface area contributed by atoms with Gasteiger partial charge in [-0.2, -0.15) is 0 Å². The average Bonchev–Trinajstić information content (AvgIpc) is 3.31. The smallest absolute Gasteiger partial charge is 0.310 e. The number of hydrogen-bond acceptors (Lipinski definition) is 7. The quantitative estimate of drug-likeness (QED) is 0.383. The molecule has 0 saturated carbocycles. The van der Waals surface area contributed by atoms with Crippen molar-refractivity contribution in [1.82, 2.24) is 15.5 Å². The zero-order valence-electron chi connectivity index (χ0n) is 18.2. The number of halogens is 2. The van der Waals surface area contributed by atoms with E-state index in [1.807, 2.05) is 0 Å². The van der Waals surface area contributed by atoms with Crippen molar-refractivity contribution in [2.24, 2.45) is 0 Å². The van der Waals surface area contributed by atoms with Crippen molar-refractivity contribution in [1.29, 1.82) is 0 Å². The maximum atomic E-state index is 14.2. The summed E-state index contributed by atoms with van der Waals surface area (Å²) in [4.78, 5) is 51.0. The molecule has 12 heteroatoms. The Balaban J connectivity index is 1.65. The van der Waals surface area contributed by atoms with Gasteiger partial charge in [-0.15, -0.1) is 0 Å². The molecule has 3 rings (SSSR count). The molecule has 2 saturated heterocycles. The number of alkyl halides is 1. The fourth-order valence-corrected chi connectivity index (χ4v) is 3.96. The lowest BCUT2D eigenvalue weighted by Crippen LogP contribution is -2.54. The number of amides is 3. The number of rotatable bonds is 7. The van der Waals surface area contributed by atoms with Crippen molar-refractivity contribution in [3.05, 3.63) is 28.8 Å². The van der Waals surface area contributed by atoms with Crippen LogP contribution in [0.2, 0.25) is 5.02 Å². The number of carbonyl (C=O) groups is 4. The summed E-state index contributed by atoms with van der Waals surface area (Å²) < 4.78 is 24.5. The van der Waals surface area contributed by atoms with Gasteiger partial charge in [0, 0.05) is 18.6 Å². The van der Waals surface area contributed by atoms with Gasteiger partial charge in [-0.1, -0.05) is 11.6 Å². The van der Waals surface area contributed by atoms with E-state index in [9.17, 15) is 23.6 Å². The second kappa shape index (κ2) is 10.3. The van der Waals surface area contributed by atoms with Gasteiger partial charge >= 0.3 is 5.97 Å². The zero-order valence-corrected chi connectivity index (χ0v) is 18.9. The summed E-state index contributed by atoms with van der Waals surface area (Å²) in [7, 11) is 0. The van der Waals surface area contributed by atoms with Gasteiger partial charge in [0.05, 0.1) is 23.7 Å². The van der Waals surface area contributed by atoms with E-state index in [4.69, 9.17) is 26.8 Å². The van der Waals surface area contributed by atoms with Gasteiger partial charge in [0.25, 0.3) is 5.91 Å². The van der Waals surface area contributed by atoms with Gasteiger partial charge in [-0.05, 0) is 32.0 Å². The molecule has 3 amide bonds. The molecular weight excluding hydrogens is 459 g/mol. The maximum Gasteiger partial charge on any atom is 0.310 e. The molecule has 10 nitrogen and oxygen atoms in total. The summed E-state index contributed by atoms with van der Waals surface area (Å²) >= 11 is 5.93. The molecule has 2 unspecified atom stereocenters. The number of nitrogens with two attached hydrogens (primary N) is 1. The number of nitrogens with zero attached hydrogens (tertiary/aromatic N) is 1. The van der Waals surface area contributed by atoms with Crippen molar-refractivity contribution in [3.63, 3.8) is 0 Å². The number of cyclic esters (lactones) is 1. The number of esters is 1. The predicted molar refractivity (Wildman–Crippen MR) is 116 cm³/mol. The first kappa shape index (κ1) is 24.7. The zero-order chi connectivity index (χ0) is 24.3. The SMILES string of the molecule is CCOC1OC(=O)CC1NC(=O)[C@@H]1C[C@H](F)CN1C(=O)[C@H](C)NC(=O)c1ccc(N)c(Cl)c1. The summed E-state index contributed by atoms with van der Waals surface area (Å²) in [5.41, 5.74) is 6.14. The monoisotopic (exact) mass is 484 g/mol. The van der Waals surface area contributed by atoms with E-state index < -0.39 is 54.3 Å². The minimum Gasteiger partial charge on any atom is -0.433 e. The Hall–Kier alpha value is -2.92. The Kier molecular flexibility index (Phi) is 7.75. The Labute approximate surface area is 194 Å². The normalized spacial score (nSPS) is 25.5. The molecule has 0 aromatic heterocycles. The van der Waals surface area contributed by atoms with E-state index in [1.165, 1.54) is 25.1 Å². The molecule has 180 valence electrons. The highest BCUT2D eigenvalue weighted by molar-refractivity contribution is 6.33. The predicted octanol–water partition coefficient (Wildman–Crippen LogP) is 0.774. The summed E-state index contributed by atoms with van der Waals surface area (Å²) in [6.07, 6.45) is -2.64. The van der Waals surface area contributed by atoms with Gasteiger partial charge in [-0.25, -0.2) is 4.39 Å². The summed E-state index contributed by atoms with van der Waals surface area (Å²) in [5, 5.41) is 5.35. The third-order valence-corrected chi connectivity index (χ3v) is 5.77. The molecule has 1 aromatic rings. The van der Waals surface area contributed by atoms with Crippen molar-refractivity contribution < 1.29 is 33.0 Å². The van der Waals surface area contributed by atoms with E-state index in [0.29, 0.717) is 5.69 Å². The standard InChI is InChI=1S/C21H26ClFN4O6/c1-3-32-21-15(8-17(28)33-21)26-19(30)16-7-12(23)9-27(16)20(31)10(2)25-18(29)11-4-5-14(24)13(22)6-11/h4-6,10,12,15-16,21H,3,7-9,24H2,1-2H3,(H,25,29)(H,26,30)/t10-,12-,15?,16-,21?/m0/s1. The minimum absolute atomic E-state index is 0.0905. The molecule has 5 atom stereocenters. The minimum atomic E-state index is -1.41. The Morgan fingerprint density at radius 3 is 2.79 bits per heavy atom. The van der Waals surface area contributed by atoms with Crippen molar-refractivity contribution in [2.75, 3.05) is 18.9 Å². The molecule has 1 aromatic carbocycles. The molecule has 2 fully saturated rings. The van der Waals surface area contributed by atoms with Gasteiger partial charge in [0.15, 0.2) is 0 Å². The maximum absolute atomic E-state index is 14.2. The Bertz CT molecular complexity index is 947. The van der Waals surface area contributed by atoms with Crippen LogP contribution in [-0.2, 0) is 23.9 Å². The number of hydrogen-bond donors (Lipinski definition) is 3. The van der Waals surface area contributed by atoms with E-state index >= 15 is 0 Å². The molecule has 2 heterocycles. The summed E-state index contributed by atoms with van der Waals surface area (Å²) in [6, 6.07) is 1.40. The first-order valence-corrected chi connectivity index (χ1v) is 10.9. The molecule has 0 bridgehead atoms. The summed E-state index contributed by atoms with van der Waals surface area (Å²) in [5.74, 6) is -2.35. The van der Waals surface area contributed by atoms with Gasteiger partial charge < -0.3 is 30.7 Å². The van der Waals surface area contributed by atoms with Crippen LogP contribution in [0.15, 0.2) is 18.2 Å². The highest BCUT2D eigenvalue weighted by Crippen LogP contribution is 2.24. The molecule has 4 N–H and O–H groups in total. The van der Waals surface area contributed by atoms with E-state index in [2.05, 4.69) is 10.6 Å². The van der Waals surface area contributed by atoms with Crippen LogP contribution >= 0.6 is 11.6 Å². The summed E-state index contributed by atoms with van der Waals surface area (Å²) in [6.45, 7) is 3.12. The van der Waals surface area contributed by atoms with Gasteiger partial charge in [-0.3, -0.25) is 19.2 Å². The number of ether oxygens (including phenoxy) is 2. The lowest BCUT2D eigenvalue weighted by Gasteiger charge is -2.28. The van der Waals surface area contributed by atoms with E-state index in [0.717, 1.165) is 4.90 Å². The van der Waals surface area contributed by atoms with Crippen LogP contribution in [0.4, 0.5) is 10.1 Å². The van der Waals surface area contributed by atoms with Crippen LogP contribution in [0.1, 0.15) is 37.0 Å². The number of anilines is 1.